The Hall–Kier alpha value is -1.82. The molecule has 2 heterocycles. The Morgan fingerprint density at radius 1 is 1.21 bits per heavy atom. The number of anilines is 1. The van der Waals surface area contributed by atoms with Crippen molar-refractivity contribution in [1.29, 1.82) is 0 Å². The smallest absolute Gasteiger partial charge is 0.222 e. The van der Waals surface area contributed by atoms with Crippen molar-refractivity contribution in [2.45, 2.75) is 65.5 Å². The Bertz CT molecular complexity index is 755. The molecule has 0 aromatic heterocycles. The number of carbonyl (C=O) groups excluding carboxylic acids is 1. The van der Waals surface area contributed by atoms with Crippen LogP contribution in [0.15, 0.2) is 18.2 Å². The zero-order valence-electron chi connectivity index (χ0n) is 18.6. The van der Waals surface area contributed by atoms with Gasteiger partial charge in [-0.15, -0.1) is 0 Å². The Morgan fingerprint density at radius 3 is 2.55 bits per heavy atom. The zero-order valence-corrected chi connectivity index (χ0v) is 19.4. The summed E-state index contributed by atoms with van der Waals surface area (Å²) in [6, 6.07) is 7.01. The van der Waals surface area contributed by atoms with Gasteiger partial charge in [0.05, 0.1) is 0 Å². The first kappa shape index (κ1) is 21.9. The number of carbonyl (C=O) groups is 1. The van der Waals surface area contributed by atoms with Crippen LogP contribution in [0.2, 0.25) is 0 Å². The van der Waals surface area contributed by atoms with E-state index in [1.807, 2.05) is 4.90 Å². The lowest BCUT2D eigenvalue weighted by Gasteiger charge is -2.45. The second kappa shape index (κ2) is 8.90. The summed E-state index contributed by atoms with van der Waals surface area (Å²) in [5, 5.41) is 4.25. The molecule has 2 aliphatic heterocycles. The van der Waals surface area contributed by atoms with Crippen molar-refractivity contribution in [2.75, 3.05) is 37.6 Å². The summed E-state index contributed by atoms with van der Waals surface area (Å²) in [6.07, 6.45) is 2.50. The van der Waals surface area contributed by atoms with E-state index in [-0.39, 0.29) is 11.4 Å². The first-order valence-electron chi connectivity index (χ1n) is 10.8. The summed E-state index contributed by atoms with van der Waals surface area (Å²) < 4.78 is 0. The minimum absolute atomic E-state index is 0.0537. The third-order valence-corrected chi connectivity index (χ3v) is 6.51. The summed E-state index contributed by atoms with van der Waals surface area (Å²) in [7, 11) is 0. The fraction of sp³-hybridized carbons (Fsp3) is 0.652. The van der Waals surface area contributed by atoms with Gasteiger partial charge >= 0.3 is 0 Å². The topological polar surface area (TPSA) is 38.8 Å². The number of hydrogen-bond donors (Lipinski definition) is 1. The minimum atomic E-state index is 0.0537. The number of hydrogen-bond acceptors (Lipinski definition) is 3. The van der Waals surface area contributed by atoms with Crippen molar-refractivity contribution >= 4 is 28.9 Å². The molecule has 1 aromatic rings. The SMILES string of the molecule is Cc1ccc(C)c(N2CCN(C(=O)CCCN3C(=S)NC(C)(C)C[C@H]3C)CC2)c1. The fourth-order valence-electron chi connectivity index (χ4n) is 4.60. The van der Waals surface area contributed by atoms with Crippen LogP contribution in [0.3, 0.4) is 0 Å². The standard InChI is InChI=1S/C23H36N4OS/c1-17-8-9-18(2)20(15-17)25-11-13-26(14-12-25)21(28)7-6-10-27-19(3)16-23(4,5)24-22(27)29/h8-9,15,19H,6-7,10-14,16H2,1-5H3,(H,24,29)/t19-/m1/s1. The van der Waals surface area contributed by atoms with E-state index in [1.165, 1.54) is 16.8 Å². The van der Waals surface area contributed by atoms with E-state index >= 15 is 0 Å². The van der Waals surface area contributed by atoms with Crippen molar-refractivity contribution in [3.05, 3.63) is 29.3 Å². The lowest BCUT2D eigenvalue weighted by molar-refractivity contribution is -0.131. The van der Waals surface area contributed by atoms with Gasteiger partial charge in [-0.2, -0.15) is 0 Å². The predicted molar refractivity (Wildman–Crippen MR) is 125 cm³/mol. The third kappa shape index (κ3) is 5.41. The normalized spacial score (nSPS) is 21.9. The van der Waals surface area contributed by atoms with Crippen molar-refractivity contribution in [3.8, 4) is 0 Å². The molecule has 5 nitrogen and oxygen atoms in total. The Kier molecular flexibility index (Phi) is 6.72. The highest BCUT2D eigenvalue weighted by molar-refractivity contribution is 7.80. The van der Waals surface area contributed by atoms with E-state index in [2.05, 4.69) is 67.9 Å². The summed E-state index contributed by atoms with van der Waals surface area (Å²) in [5.74, 6) is 0.273. The number of thiocarbonyl (C=S) groups is 1. The van der Waals surface area contributed by atoms with Crippen LogP contribution in [-0.2, 0) is 4.79 Å². The molecule has 3 rings (SSSR count). The molecule has 1 aromatic carbocycles. The first-order valence-corrected chi connectivity index (χ1v) is 11.3. The van der Waals surface area contributed by atoms with E-state index < -0.39 is 0 Å². The second-order valence-corrected chi connectivity index (χ2v) is 9.71. The molecule has 160 valence electrons. The van der Waals surface area contributed by atoms with E-state index in [9.17, 15) is 4.79 Å². The molecule has 0 spiro atoms. The minimum Gasteiger partial charge on any atom is -0.368 e. The number of piperazine rings is 1. The van der Waals surface area contributed by atoms with E-state index in [0.717, 1.165) is 50.7 Å². The predicted octanol–water partition coefficient (Wildman–Crippen LogP) is 3.48. The highest BCUT2D eigenvalue weighted by Gasteiger charge is 2.32. The molecule has 0 bridgehead atoms. The first-order chi connectivity index (χ1) is 13.7. The maximum atomic E-state index is 12.7. The molecular formula is C23H36N4OS. The number of nitrogens with zero attached hydrogens (tertiary/aromatic N) is 3. The molecular weight excluding hydrogens is 380 g/mol. The number of rotatable bonds is 5. The van der Waals surface area contributed by atoms with Gasteiger partial charge in [-0.3, -0.25) is 4.79 Å². The average molecular weight is 417 g/mol. The van der Waals surface area contributed by atoms with Crippen LogP contribution < -0.4 is 10.2 Å². The Labute approximate surface area is 181 Å². The molecule has 0 unspecified atom stereocenters. The molecule has 0 saturated carbocycles. The van der Waals surface area contributed by atoms with Gasteiger partial charge in [0.15, 0.2) is 5.11 Å². The van der Waals surface area contributed by atoms with Crippen LogP contribution in [0.5, 0.6) is 0 Å². The van der Waals surface area contributed by atoms with E-state index in [0.29, 0.717) is 12.5 Å². The van der Waals surface area contributed by atoms with E-state index in [4.69, 9.17) is 12.2 Å². The average Bonchev–Trinajstić information content (AvgIpc) is 2.65. The number of nitrogens with one attached hydrogen (secondary N) is 1. The monoisotopic (exact) mass is 416 g/mol. The molecule has 2 saturated heterocycles. The lowest BCUT2D eigenvalue weighted by atomic mass is 9.93. The van der Waals surface area contributed by atoms with Crippen LogP contribution in [0.25, 0.3) is 0 Å². The van der Waals surface area contributed by atoms with Gasteiger partial charge < -0.3 is 20.0 Å². The maximum Gasteiger partial charge on any atom is 0.222 e. The largest absolute Gasteiger partial charge is 0.368 e. The summed E-state index contributed by atoms with van der Waals surface area (Å²) in [6.45, 7) is 15.2. The Morgan fingerprint density at radius 2 is 1.90 bits per heavy atom. The van der Waals surface area contributed by atoms with Crippen molar-refractivity contribution in [2.24, 2.45) is 0 Å². The highest BCUT2D eigenvalue weighted by Crippen LogP contribution is 2.24. The van der Waals surface area contributed by atoms with Gasteiger partial charge in [-0.1, -0.05) is 12.1 Å². The van der Waals surface area contributed by atoms with Gasteiger partial charge in [0, 0.05) is 56.4 Å². The lowest BCUT2D eigenvalue weighted by Crippen LogP contribution is -2.60. The van der Waals surface area contributed by atoms with Crippen molar-refractivity contribution < 1.29 is 4.79 Å². The fourth-order valence-corrected chi connectivity index (χ4v) is 5.15. The number of amides is 1. The van der Waals surface area contributed by atoms with Gasteiger partial charge in [0.1, 0.15) is 0 Å². The molecule has 1 atom stereocenters. The Balaban J connectivity index is 1.44. The molecule has 29 heavy (non-hydrogen) atoms. The number of benzene rings is 1. The molecule has 1 amide bonds. The van der Waals surface area contributed by atoms with Crippen LogP contribution >= 0.6 is 12.2 Å². The van der Waals surface area contributed by atoms with E-state index in [1.54, 1.807) is 0 Å². The zero-order chi connectivity index (χ0) is 21.2. The van der Waals surface area contributed by atoms with Crippen LogP contribution in [0.1, 0.15) is 51.2 Å². The molecule has 6 heteroatoms. The highest BCUT2D eigenvalue weighted by atomic mass is 32.1. The van der Waals surface area contributed by atoms with Gasteiger partial charge in [-0.25, -0.2) is 0 Å². The van der Waals surface area contributed by atoms with Crippen molar-refractivity contribution in [1.82, 2.24) is 15.1 Å². The van der Waals surface area contributed by atoms with Crippen LogP contribution in [-0.4, -0.2) is 65.1 Å². The van der Waals surface area contributed by atoms with Gasteiger partial charge in [0.2, 0.25) is 5.91 Å². The van der Waals surface area contributed by atoms with Crippen LogP contribution in [0.4, 0.5) is 5.69 Å². The molecule has 0 radical (unpaired) electrons. The molecule has 2 fully saturated rings. The second-order valence-electron chi connectivity index (χ2n) is 9.32. The van der Waals surface area contributed by atoms with Crippen molar-refractivity contribution in [3.63, 3.8) is 0 Å². The number of aryl methyl sites for hydroxylation is 2. The van der Waals surface area contributed by atoms with Crippen LogP contribution in [0, 0.1) is 13.8 Å². The summed E-state index contributed by atoms with van der Waals surface area (Å²) >= 11 is 5.55. The summed E-state index contributed by atoms with van der Waals surface area (Å²) in [5.41, 5.74) is 3.95. The quantitative estimate of drug-likeness (QED) is 0.744. The maximum absolute atomic E-state index is 12.7. The molecule has 1 N–H and O–H groups in total. The van der Waals surface area contributed by atoms with Gasteiger partial charge in [0.25, 0.3) is 0 Å². The summed E-state index contributed by atoms with van der Waals surface area (Å²) in [4.78, 5) is 19.4. The van der Waals surface area contributed by atoms with Gasteiger partial charge in [-0.05, 0) is 76.9 Å². The molecule has 2 aliphatic rings. The third-order valence-electron chi connectivity index (χ3n) is 6.17. The molecule has 0 aliphatic carbocycles.